The van der Waals surface area contributed by atoms with Gasteiger partial charge in [0.05, 0.1) is 5.56 Å². The Labute approximate surface area is 107 Å². The maximum Gasteiger partial charge on any atom is 0.417 e. The van der Waals surface area contributed by atoms with Crippen molar-refractivity contribution in [2.24, 2.45) is 0 Å². The van der Waals surface area contributed by atoms with E-state index in [0.717, 1.165) is 19.2 Å². The first kappa shape index (κ1) is 16.1. The molecule has 0 saturated heterocycles. The van der Waals surface area contributed by atoms with Gasteiger partial charge in [-0.15, -0.1) is 4.67 Å². The predicted octanol–water partition coefficient (Wildman–Crippen LogP) is 2.38. The first-order valence-corrected chi connectivity index (χ1v) is 7.17. The van der Waals surface area contributed by atoms with Crippen molar-refractivity contribution >= 4 is 18.4 Å². The smallest absolute Gasteiger partial charge is 0.312 e. The third-order valence-corrected chi connectivity index (χ3v) is 3.64. The van der Waals surface area contributed by atoms with Crippen molar-refractivity contribution in [1.82, 2.24) is 0 Å². The van der Waals surface area contributed by atoms with E-state index in [1.165, 1.54) is 0 Å². The maximum absolute atomic E-state index is 12.6. The molecule has 1 atom stereocenters. The molecule has 0 heterocycles. The lowest BCUT2D eigenvalue weighted by molar-refractivity contribution is -0.140. The van der Waals surface area contributed by atoms with Crippen molar-refractivity contribution in [3.63, 3.8) is 0 Å². The molecule has 108 valence electrons. The standard InChI is InChI=1S/C8H8F3O6PS/c1-15-18(12)16-17-19(13,14)7-5-3-2-4-6(7)8(9,10)11/h2-5,18H,1H3. The van der Waals surface area contributed by atoms with Crippen LogP contribution in [0.4, 0.5) is 13.2 Å². The van der Waals surface area contributed by atoms with E-state index >= 15 is 0 Å². The van der Waals surface area contributed by atoms with Crippen molar-refractivity contribution in [1.29, 1.82) is 0 Å². The van der Waals surface area contributed by atoms with Crippen molar-refractivity contribution in [2.45, 2.75) is 11.1 Å². The monoisotopic (exact) mass is 320 g/mol. The van der Waals surface area contributed by atoms with Crippen LogP contribution in [0.2, 0.25) is 0 Å². The average molecular weight is 320 g/mol. The molecule has 0 aliphatic carbocycles. The fourth-order valence-electron chi connectivity index (χ4n) is 1.06. The normalized spacial score (nSPS) is 14.3. The van der Waals surface area contributed by atoms with Crippen molar-refractivity contribution in [3.05, 3.63) is 29.8 Å². The zero-order chi connectivity index (χ0) is 14.7. The summed E-state index contributed by atoms with van der Waals surface area (Å²) < 4.78 is 83.2. The first-order valence-electron chi connectivity index (χ1n) is 4.54. The molecule has 11 heteroatoms. The lowest BCUT2D eigenvalue weighted by Gasteiger charge is -2.11. The minimum Gasteiger partial charge on any atom is -0.312 e. The minimum atomic E-state index is -4.89. The molecular formula is C8H8F3O6PS. The number of rotatable bonds is 5. The summed E-state index contributed by atoms with van der Waals surface area (Å²) in [7, 11) is -7.18. The van der Waals surface area contributed by atoms with E-state index in [-0.39, 0.29) is 0 Å². The second kappa shape index (κ2) is 6.02. The molecule has 0 N–H and O–H groups in total. The van der Waals surface area contributed by atoms with Gasteiger partial charge in [0.25, 0.3) is 0 Å². The third-order valence-electron chi connectivity index (χ3n) is 1.82. The summed E-state index contributed by atoms with van der Waals surface area (Å²) in [5.74, 6) is 0. The van der Waals surface area contributed by atoms with Gasteiger partial charge in [-0.05, 0) is 12.1 Å². The Morgan fingerprint density at radius 3 is 2.32 bits per heavy atom. The molecule has 1 aromatic rings. The van der Waals surface area contributed by atoms with Crippen LogP contribution in [0.15, 0.2) is 29.2 Å². The predicted molar refractivity (Wildman–Crippen MR) is 56.8 cm³/mol. The molecule has 0 aliphatic heterocycles. The Bertz CT molecular complexity index is 570. The van der Waals surface area contributed by atoms with Crippen LogP contribution in [-0.4, -0.2) is 15.5 Å². The third kappa shape index (κ3) is 4.29. The number of hydrogen-bond acceptors (Lipinski definition) is 6. The van der Waals surface area contributed by atoms with Gasteiger partial charge in [-0.25, -0.2) is 0 Å². The van der Waals surface area contributed by atoms with E-state index in [0.29, 0.717) is 12.1 Å². The molecule has 0 amide bonds. The minimum absolute atomic E-state index is 0.565. The SMILES string of the molecule is CO[PH](=O)OOS(=O)(=O)c1ccccc1C(F)(F)F. The Hall–Kier alpha value is -0.930. The van der Waals surface area contributed by atoms with E-state index in [9.17, 15) is 26.2 Å². The summed E-state index contributed by atoms with van der Waals surface area (Å²) in [4.78, 5) is -1.14. The Morgan fingerprint density at radius 1 is 1.21 bits per heavy atom. The summed E-state index contributed by atoms with van der Waals surface area (Å²) in [5, 5.41) is 0. The molecule has 1 rings (SSSR count). The van der Waals surface area contributed by atoms with Crippen molar-refractivity contribution in [2.75, 3.05) is 7.11 Å². The highest BCUT2D eigenvalue weighted by atomic mass is 32.2. The molecule has 0 fully saturated rings. The maximum atomic E-state index is 12.6. The van der Waals surface area contributed by atoms with E-state index in [1.54, 1.807) is 0 Å². The van der Waals surface area contributed by atoms with Crippen molar-refractivity contribution in [3.8, 4) is 0 Å². The first-order chi connectivity index (χ1) is 8.68. The quantitative estimate of drug-likeness (QED) is 0.471. The molecule has 6 nitrogen and oxygen atoms in total. The van der Waals surface area contributed by atoms with Gasteiger partial charge in [-0.2, -0.15) is 21.6 Å². The highest BCUT2D eigenvalue weighted by Gasteiger charge is 2.37. The summed E-state index contributed by atoms with van der Waals surface area (Å²) >= 11 is 0. The zero-order valence-corrected chi connectivity index (χ0v) is 11.1. The number of alkyl halides is 3. The van der Waals surface area contributed by atoms with Gasteiger partial charge in [0.2, 0.25) is 0 Å². The van der Waals surface area contributed by atoms with Crippen LogP contribution in [0.5, 0.6) is 0 Å². The summed E-state index contributed by atoms with van der Waals surface area (Å²) in [6.07, 6.45) is -4.89. The van der Waals surface area contributed by atoms with Crippen molar-refractivity contribution < 1.29 is 39.7 Å². The Kier molecular flexibility index (Phi) is 5.11. The van der Waals surface area contributed by atoms with E-state index in [1.807, 2.05) is 0 Å². The van der Waals surface area contributed by atoms with E-state index in [2.05, 4.69) is 13.5 Å². The molecule has 0 spiro atoms. The highest BCUT2D eigenvalue weighted by Crippen LogP contribution is 2.35. The second-order valence-corrected chi connectivity index (χ2v) is 5.61. The molecule has 1 aromatic carbocycles. The highest BCUT2D eigenvalue weighted by molar-refractivity contribution is 7.86. The van der Waals surface area contributed by atoms with Gasteiger partial charge < -0.3 is 4.52 Å². The van der Waals surface area contributed by atoms with Gasteiger partial charge in [0.1, 0.15) is 4.90 Å². The number of halogens is 3. The summed E-state index contributed by atoms with van der Waals surface area (Å²) in [6.45, 7) is 0. The van der Waals surface area contributed by atoms with Gasteiger partial charge in [0, 0.05) is 7.11 Å². The van der Waals surface area contributed by atoms with Gasteiger partial charge >= 0.3 is 24.5 Å². The Balaban J connectivity index is 3.12. The summed E-state index contributed by atoms with van der Waals surface area (Å²) in [5.41, 5.74) is -1.42. The number of hydrogen-bond donors (Lipinski definition) is 0. The fraction of sp³-hybridized carbons (Fsp3) is 0.250. The lowest BCUT2D eigenvalue weighted by atomic mass is 10.2. The van der Waals surface area contributed by atoms with Crippen LogP contribution >= 0.6 is 8.25 Å². The second-order valence-electron chi connectivity index (χ2n) is 3.05. The van der Waals surface area contributed by atoms with Crippen LogP contribution in [-0.2, 0) is 34.4 Å². The van der Waals surface area contributed by atoms with Gasteiger partial charge in [0.15, 0.2) is 0 Å². The van der Waals surface area contributed by atoms with Crippen LogP contribution in [0.3, 0.4) is 0 Å². The molecule has 0 aliphatic rings. The van der Waals surface area contributed by atoms with Crippen LogP contribution < -0.4 is 0 Å². The molecule has 0 aromatic heterocycles. The average Bonchev–Trinajstić information content (AvgIpc) is 2.35. The molecule has 1 unspecified atom stereocenters. The Morgan fingerprint density at radius 2 is 1.79 bits per heavy atom. The molecule has 0 saturated carbocycles. The van der Waals surface area contributed by atoms with E-state index in [4.69, 9.17) is 0 Å². The van der Waals surface area contributed by atoms with Crippen LogP contribution in [0, 0.1) is 0 Å². The molecule has 0 bridgehead atoms. The van der Waals surface area contributed by atoms with Crippen LogP contribution in [0.1, 0.15) is 5.56 Å². The molecular weight excluding hydrogens is 312 g/mol. The lowest BCUT2D eigenvalue weighted by Crippen LogP contribution is -2.14. The van der Waals surface area contributed by atoms with E-state index < -0.39 is 35.0 Å². The van der Waals surface area contributed by atoms with Crippen LogP contribution in [0.25, 0.3) is 0 Å². The van der Waals surface area contributed by atoms with Gasteiger partial charge in [-0.3, -0.25) is 4.57 Å². The summed E-state index contributed by atoms with van der Waals surface area (Å²) in [6, 6.07) is 3.34. The number of benzene rings is 1. The fourth-order valence-corrected chi connectivity index (χ4v) is 2.48. The zero-order valence-electron chi connectivity index (χ0n) is 9.30. The van der Waals surface area contributed by atoms with Gasteiger partial charge in [-0.1, -0.05) is 16.5 Å². The molecule has 19 heavy (non-hydrogen) atoms. The molecule has 0 radical (unpaired) electrons. The topological polar surface area (TPSA) is 78.9 Å². The largest absolute Gasteiger partial charge is 0.417 e.